The molecule has 1 aliphatic heterocycles. The number of nitrogens with two attached hydrogens (primary N) is 1. The van der Waals surface area contributed by atoms with Gasteiger partial charge in [0.1, 0.15) is 0 Å². The minimum absolute atomic E-state index is 0.211. The van der Waals surface area contributed by atoms with E-state index < -0.39 is 0 Å². The second-order valence-electron chi connectivity index (χ2n) is 4.64. The summed E-state index contributed by atoms with van der Waals surface area (Å²) in [7, 11) is 1.44. The molecule has 0 aromatic rings. The van der Waals surface area contributed by atoms with Gasteiger partial charge < -0.3 is 15.4 Å². The molecule has 1 saturated heterocycles. The number of nitrogens with zero attached hydrogens (tertiary/aromatic N) is 1. The standard InChI is InChI=1S/C11H22N2O2/c1-8(2)6-10-9(7-12)4-5-13(10)11(14)15-3/h8-10H,4-7,12H2,1-3H3. The highest BCUT2D eigenvalue weighted by Crippen LogP contribution is 2.28. The van der Waals surface area contributed by atoms with Crippen LogP contribution in [0.3, 0.4) is 0 Å². The van der Waals surface area contributed by atoms with Crippen molar-refractivity contribution >= 4 is 6.09 Å². The van der Waals surface area contributed by atoms with Crippen LogP contribution >= 0.6 is 0 Å². The lowest BCUT2D eigenvalue weighted by molar-refractivity contribution is 0.109. The molecule has 15 heavy (non-hydrogen) atoms. The van der Waals surface area contributed by atoms with Crippen LogP contribution in [0.1, 0.15) is 26.7 Å². The van der Waals surface area contributed by atoms with Crippen molar-refractivity contribution in [2.45, 2.75) is 32.7 Å². The topological polar surface area (TPSA) is 55.6 Å². The average molecular weight is 214 g/mol. The molecule has 88 valence electrons. The van der Waals surface area contributed by atoms with Crippen LogP contribution in [-0.4, -0.2) is 37.2 Å². The average Bonchev–Trinajstić information content (AvgIpc) is 2.59. The van der Waals surface area contributed by atoms with Crippen LogP contribution in [0.15, 0.2) is 0 Å². The van der Waals surface area contributed by atoms with E-state index in [-0.39, 0.29) is 12.1 Å². The molecule has 1 fully saturated rings. The summed E-state index contributed by atoms with van der Waals surface area (Å²) >= 11 is 0. The Hall–Kier alpha value is -0.770. The first-order valence-corrected chi connectivity index (χ1v) is 5.64. The Balaban J connectivity index is 2.67. The fourth-order valence-corrected chi connectivity index (χ4v) is 2.34. The SMILES string of the molecule is COC(=O)N1CCC(CN)C1CC(C)C. The van der Waals surface area contributed by atoms with E-state index in [0.29, 0.717) is 18.4 Å². The summed E-state index contributed by atoms with van der Waals surface area (Å²) in [6.45, 7) is 5.78. The van der Waals surface area contributed by atoms with Crippen molar-refractivity contribution in [1.29, 1.82) is 0 Å². The molecule has 1 amide bonds. The van der Waals surface area contributed by atoms with Crippen molar-refractivity contribution in [3.63, 3.8) is 0 Å². The Morgan fingerprint density at radius 2 is 2.27 bits per heavy atom. The first-order chi connectivity index (χ1) is 7.10. The van der Waals surface area contributed by atoms with Gasteiger partial charge in [-0.2, -0.15) is 0 Å². The number of amides is 1. The summed E-state index contributed by atoms with van der Waals surface area (Å²) in [4.78, 5) is 13.4. The zero-order valence-corrected chi connectivity index (χ0v) is 9.90. The molecule has 0 aliphatic carbocycles. The lowest BCUT2D eigenvalue weighted by Gasteiger charge is -2.28. The summed E-state index contributed by atoms with van der Waals surface area (Å²) < 4.78 is 4.78. The fraction of sp³-hybridized carbons (Fsp3) is 0.909. The minimum atomic E-state index is -0.211. The Morgan fingerprint density at radius 3 is 2.73 bits per heavy atom. The third-order valence-electron chi connectivity index (χ3n) is 3.11. The Kier molecular flexibility index (Phi) is 4.39. The molecule has 0 saturated carbocycles. The van der Waals surface area contributed by atoms with Crippen molar-refractivity contribution in [2.24, 2.45) is 17.6 Å². The maximum absolute atomic E-state index is 11.5. The molecule has 0 aromatic carbocycles. The van der Waals surface area contributed by atoms with Gasteiger partial charge in [0.25, 0.3) is 0 Å². The molecule has 1 aliphatic rings. The summed E-state index contributed by atoms with van der Waals surface area (Å²) in [6, 6.07) is 0.266. The van der Waals surface area contributed by atoms with Crippen molar-refractivity contribution in [2.75, 3.05) is 20.2 Å². The second-order valence-corrected chi connectivity index (χ2v) is 4.64. The zero-order chi connectivity index (χ0) is 11.4. The fourth-order valence-electron chi connectivity index (χ4n) is 2.34. The molecule has 4 heteroatoms. The van der Waals surface area contributed by atoms with Gasteiger partial charge >= 0.3 is 6.09 Å². The van der Waals surface area contributed by atoms with E-state index in [1.807, 2.05) is 4.90 Å². The number of hydrogen-bond donors (Lipinski definition) is 1. The first-order valence-electron chi connectivity index (χ1n) is 5.64. The van der Waals surface area contributed by atoms with E-state index in [1.165, 1.54) is 7.11 Å². The van der Waals surface area contributed by atoms with E-state index in [0.717, 1.165) is 19.4 Å². The van der Waals surface area contributed by atoms with Gasteiger partial charge in [0.15, 0.2) is 0 Å². The molecule has 4 nitrogen and oxygen atoms in total. The molecule has 0 bridgehead atoms. The van der Waals surface area contributed by atoms with E-state index in [2.05, 4.69) is 13.8 Å². The van der Waals surface area contributed by atoms with Gasteiger partial charge in [-0.1, -0.05) is 13.8 Å². The van der Waals surface area contributed by atoms with Gasteiger partial charge in [-0.15, -0.1) is 0 Å². The molecule has 2 unspecified atom stereocenters. The number of ether oxygens (including phenoxy) is 1. The van der Waals surface area contributed by atoms with Crippen molar-refractivity contribution in [1.82, 2.24) is 4.90 Å². The van der Waals surface area contributed by atoms with E-state index in [9.17, 15) is 4.79 Å². The molecule has 0 spiro atoms. The van der Waals surface area contributed by atoms with Crippen LogP contribution in [-0.2, 0) is 4.74 Å². The van der Waals surface area contributed by atoms with Crippen molar-refractivity contribution in [3.05, 3.63) is 0 Å². The van der Waals surface area contributed by atoms with Crippen LogP contribution < -0.4 is 5.73 Å². The van der Waals surface area contributed by atoms with Gasteiger partial charge in [0, 0.05) is 12.6 Å². The first kappa shape index (κ1) is 12.3. The summed E-state index contributed by atoms with van der Waals surface area (Å²) in [5.41, 5.74) is 5.72. The number of carbonyl (C=O) groups is 1. The predicted molar refractivity (Wildman–Crippen MR) is 59.5 cm³/mol. The van der Waals surface area contributed by atoms with Crippen LogP contribution in [0.4, 0.5) is 4.79 Å². The number of rotatable bonds is 3. The summed E-state index contributed by atoms with van der Waals surface area (Å²) in [5.74, 6) is 1.01. The maximum atomic E-state index is 11.5. The molecular weight excluding hydrogens is 192 g/mol. The van der Waals surface area contributed by atoms with Gasteiger partial charge in [0.2, 0.25) is 0 Å². The summed E-state index contributed by atoms with van der Waals surface area (Å²) in [6.07, 6.45) is 1.80. The highest BCUT2D eigenvalue weighted by molar-refractivity contribution is 5.68. The molecule has 0 aromatic heterocycles. The number of hydrogen-bond acceptors (Lipinski definition) is 3. The van der Waals surface area contributed by atoms with Gasteiger partial charge in [0.05, 0.1) is 7.11 Å². The molecule has 1 rings (SSSR count). The van der Waals surface area contributed by atoms with Crippen LogP contribution in [0, 0.1) is 11.8 Å². The lowest BCUT2D eigenvalue weighted by atomic mass is 9.93. The number of likely N-dealkylation sites (tertiary alicyclic amines) is 1. The lowest BCUT2D eigenvalue weighted by Crippen LogP contribution is -2.40. The largest absolute Gasteiger partial charge is 0.453 e. The minimum Gasteiger partial charge on any atom is -0.453 e. The Bertz CT molecular complexity index is 219. The monoisotopic (exact) mass is 214 g/mol. The Labute approximate surface area is 91.8 Å². The van der Waals surface area contributed by atoms with E-state index >= 15 is 0 Å². The van der Waals surface area contributed by atoms with Crippen LogP contribution in [0.2, 0.25) is 0 Å². The van der Waals surface area contributed by atoms with E-state index in [4.69, 9.17) is 10.5 Å². The quantitative estimate of drug-likeness (QED) is 0.773. The zero-order valence-electron chi connectivity index (χ0n) is 9.90. The van der Waals surface area contributed by atoms with Crippen molar-refractivity contribution < 1.29 is 9.53 Å². The molecule has 0 radical (unpaired) electrons. The summed E-state index contributed by atoms with van der Waals surface area (Å²) in [5, 5.41) is 0. The number of carbonyl (C=O) groups excluding carboxylic acids is 1. The third-order valence-corrected chi connectivity index (χ3v) is 3.11. The molecule has 2 N–H and O–H groups in total. The second kappa shape index (κ2) is 5.35. The normalized spacial score (nSPS) is 26.1. The Morgan fingerprint density at radius 1 is 1.60 bits per heavy atom. The maximum Gasteiger partial charge on any atom is 0.409 e. The van der Waals surface area contributed by atoms with Crippen LogP contribution in [0.25, 0.3) is 0 Å². The molecule has 2 atom stereocenters. The predicted octanol–water partition coefficient (Wildman–Crippen LogP) is 1.45. The van der Waals surface area contributed by atoms with Gasteiger partial charge in [-0.05, 0) is 31.2 Å². The molecular formula is C11H22N2O2. The smallest absolute Gasteiger partial charge is 0.409 e. The highest BCUT2D eigenvalue weighted by atomic mass is 16.5. The van der Waals surface area contributed by atoms with Crippen molar-refractivity contribution in [3.8, 4) is 0 Å². The van der Waals surface area contributed by atoms with E-state index in [1.54, 1.807) is 0 Å². The third kappa shape index (κ3) is 2.84. The van der Waals surface area contributed by atoms with Gasteiger partial charge in [-0.3, -0.25) is 0 Å². The number of methoxy groups -OCH3 is 1. The highest BCUT2D eigenvalue weighted by Gasteiger charge is 2.36. The van der Waals surface area contributed by atoms with Crippen LogP contribution in [0.5, 0.6) is 0 Å². The molecule has 1 heterocycles. The van der Waals surface area contributed by atoms with Gasteiger partial charge in [-0.25, -0.2) is 4.79 Å².